The minimum atomic E-state index is -3.35. The van der Waals surface area contributed by atoms with Gasteiger partial charge in [0.25, 0.3) is 5.91 Å². The molecule has 3 heterocycles. The Balaban J connectivity index is 1.17. The van der Waals surface area contributed by atoms with Crippen LogP contribution in [0, 0.1) is 23.7 Å². The number of Topliss-reactive ketones (excluding diaryl/α,β-unsaturated/α-hetero) is 1. The summed E-state index contributed by atoms with van der Waals surface area (Å²) < 4.78 is 39.5. The normalized spacial score (nSPS) is 30.2. The van der Waals surface area contributed by atoms with Gasteiger partial charge in [-0.3, -0.25) is 14.3 Å². The summed E-state index contributed by atoms with van der Waals surface area (Å²) in [4.78, 5) is 30.5. The average molecular weight is 775 g/mol. The van der Waals surface area contributed by atoms with Crippen molar-refractivity contribution < 1.29 is 28.0 Å². The summed E-state index contributed by atoms with van der Waals surface area (Å²) in [6.45, 7) is 4.49. The average Bonchev–Trinajstić information content (AvgIpc) is 3.90. The molecular formula is C42H51ClN4O6S. The molecular weight excluding hydrogens is 724 g/mol. The quantitative estimate of drug-likeness (QED) is 0.180. The molecule has 8 rings (SSSR count). The van der Waals surface area contributed by atoms with Crippen molar-refractivity contribution >= 4 is 38.7 Å². The number of aromatic nitrogens is 2. The number of ketones is 1. The van der Waals surface area contributed by atoms with Crippen molar-refractivity contribution in [1.82, 2.24) is 9.78 Å². The van der Waals surface area contributed by atoms with E-state index in [2.05, 4.69) is 38.6 Å². The molecule has 1 amide bonds. The number of allylic oxidation sites excluding steroid dienone is 1. The highest BCUT2D eigenvalue weighted by molar-refractivity contribution is 7.94. The van der Waals surface area contributed by atoms with E-state index in [0.717, 1.165) is 68.7 Å². The SMILES string of the molecule is CO[C@H]1/C=C/C[C@H](C)C[S@@](=O)(CC(=O)c2cn(C)nc2OCC2CC2)=NC(=O)c2ccc3c(c2)N(C[C@@H]2CC[C@H]21)C[C@@]1(CCCc2cc(Cl)ccc21)CO3. The fourth-order valence-corrected chi connectivity index (χ4v) is 11.4. The van der Waals surface area contributed by atoms with Gasteiger partial charge in [0.2, 0.25) is 5.88 Å². The maximum absolute atomic E-state index is 14.9. The predicted octanol–water partition coefficient (Wildman–Crippen LogP) is 7.46. The molecule has 10 nitrogen and oxygen atoms in total. The third kappa shape index (κ3) is 7.73. The highest BCUT2D eigenvalue weighted by Gasteiger charge is 2.44. The standard InChI is InChI=1S/C42H51ClN4O6S/c1-27-6-4-8-38(51-3)33-14-11-31(33)20-47-25-42(17-5-7-29-18-32(43)13-15-35(29)42)26-53-39-16-12-30(19-36(39)47)40(49)45-54(50,23-27)24-37(48)34-21-46(2)44-41(34)52-22-28-9-10-28/h4,8,12-13,15-16,18-19,21,27-28,31,33,38H,5-7,9-11,14,17,20,22-26H2,1-3H3/b8-4+/t27-,31-,33+,38-,42-,54+/m0/s1. The van der Waals surface area contributed by atoms with Crippen LogP contribution < -0.4 is 14.4 Å². The molecule has 288 valence electrons. The smallest absolute Gasteiger partial charge is 0.285 e. The fourth-order valence-electron chi connectivity index (χ4n) is 9.00. The number of amides is 1. The number of hydrogen-bond donors (Lipinski definition) is 0. The number of carbonyl (C=O) groups is 2. The number of anilines is 1. The number of hydrogen-bond acceptors (Lipinski definition) is 8. The van der Waals surface area contributed by atoms with Crippen molar-refractivity contribution in [2.45, 2.75) is 69.8 Å². The van der Waals surface area contributed by atoms with Gasteiger partial charge in [0, 0.05) is 55.2 Å². The molecule has 54 heavy (non-hydrogen) atoms. The second kappa shape index (κ2) is 15.1. The monoisotopic (exact) mass is 774 g/mol. The first-order valence-electron chi connectivity index (χ1n) is 19.5. The summed E-state index contributed by atoms with van der Waals surface area (Å²) in [6, 6.07) is 11.7. The van der Waals surface area contributed by atoms with Gasteiger partial charge in [-0.25, -0.2) is 4.21 Å². The van der Waals surface area contributed by atoms with E-state index in [-0.39, 0.29) is 34.6 Å². The van der Waals surface area contributed by atoms with Gasteiger partial charge in [-0.05, 0) is 116 Å². The van der Waals surface area contributed by atoms with Crippen LogP contribution in [0.4, 0.5) is 5.69 Å². The lowest BCUT2D eigenvalue weighted by molar-refractivity contribution is 0.0131. The number of methoxy groups -OCH3 is 1. The van der Waals surface area contributed by atoms with Crippen LogP contribution in [0.15, 0.2) is 59.1 Å². The van der Waals surface area contributed by atoms with Gasteiger partial charge in [0.05, 0.1) is 40.5 Å². The summed E-state index contributed by atoms with van der Waals surface area (Å²) in [5.74, 6) is 0.722. The number of fused-ring (bicyclic) bond motifs is 4. The lowest BCUT2D eigenvalue weighted by Gasteiger charge is -2.46. The molecule has 2 fully saturated rings. The second-order valence-electron chi connectivity index (χ2n) is 16.4. The number of rotatable bonds is 7. The van der Waals surface area contributed by atoms with Crippen LogP contribution in [0.3, 0.4) is 0 Å². The van der Waals surface area contributed by atoms with Crippen LogP contribution in [-0.4, -0.2) is 76.7 Å². The molecule has 3 aliphatic carbocycles. The number of aryl methyl sites for hydroxylation is 2. The Morgan fingerprint density at radius 1 is 1.15 bits per heavy atom. The van der Waals surface area contributed by atoms with E-state index < -0.39 is 27.2 Å². The first kappa shape index (κ1) is 37.3. The molecule has 0 unspecified atom stereocenters. The predicted molar refractivity (Wildman–Crippen MR) is 211 cm³/mol. The lowest BCUT2D eigenvalue weighted by atomic mass is 9.68. The Kier molecular flexibility index (Phi) is 10.4. The van der Waals surface area contributed by atoms with Gasteiger partial charge in [-0.2, -0.15) is 4.36 Å². The molecule has 12 heteroatoms. The minimum Gasteiger partial charge on any atom is -0.490 e. The molecule has 2 saturated carbocycles. The maximum Gasteiger partial charge on any atom is 0.285 e. The summed E-state index contributed by atoms with van der Waals surface area (Å²) in [6.07, 6.45) is 13.8. The molecule has 1 spiro atoms. The van der Waals surface area contributed by atoms with Gasteiger partial charge in [-0.1, -0.05) is 36.7 Å². The van der Waals surface area contributed by atoms with Crippen LogP contribution in [0.5, 0.6) is 11.6 Å². The second-order valence-corrected chi connectivity index (χ2v) is 19.2. The zero-order chi connectivity index (χ0) is 37.6. The summed E-state index contributed by atoms with van der Waals surface area (Å²) in [7, 11) is 0.146. The van der Waals surface area contributed by atoms with E-state index in [0.29, 0.717) is 48.7 Å². The first-order chi connectivity index (χ1) is 26.0. The summed E-state index contributed by atoms with van der Waals surface area (Å²) >= 11 is 6.48. The van der Waals surface area contributed by atoms with Gasteiger partial charge in [0.15, 0.2) is 5.78 Å². The van der Waals surface area contributed by atoms with Gasteiger partial charge >= 0.3 is 0 Å². The Labute approximate surface area is 323 Å². The van der Waals surface area contributed by atoms with Crippen LogP contribution in [0.2, 0.25) is 5.02 Å². The topological polar surface area (TPSA) is 112 Å². The van der Waals surface area contributed by atoms with E-state index in [1.165, 1.54) is 15.8 Å². The van der Waals surface area contributed by atoms with Gasteiger partial charge in [-0.15, -0.1) is 5.10 Å². The third-order valence-electron chi connectivity index (χ3n) is 12.2. The lowest BCUT2D eigenvalue weighted by Crippen LogP contribution is -2.49. The Bertz CT molecular complexity index is 2090. The van der Waals surface area contributed by atoms with Crippen molar-refractivity contribution in [2.75, 3.05) is 49.8 Å². The van der Waals surface area contributed by atoms with E-state index in [1.54, 1.807) is 26.4 Å². The van der Waals surface area contributed by atoms with Crippen molar-refractivity contribution in [3.05, 3.63) is 82.0 Å². The molecule has 3 aromatic rings. The van der Waals surface area contributed by atoms with Crippen molar-refractivity contribution in [3.8, 4) is 11.6 Å². The number of ether oxygens (including phenoxy) is 3. The third-order valence-corrected chi connectivity index (χ3v) is 14.7. The van der Waals surface area contributed by atoms with E-state index in [9.17, 15) is 13.8 Å². The van der Waals surface area contributed by atoms with Crippen LogP contribution in [0.1, 0.15) is 83.7 Å². The number of nitrogens with zero attached hydrogens (tertiary/aromatic N) is 4. The van der Waals surface area contributed by atoms with Crippen molar-refractivity contribution in [2.24, 2.45) is 35.1 Å². The Morgan fingerprint density at radius 2 is 2.00 bits per heavy atom. The molecule has 0 radical (unpaired) electrons. The molecule has 1 aromatic heterocycles. The van der Waals surface area contributed by atoms with E-state index in [4.69, 9.17) is 25.8 Å². The summed E-state index contributed by atoms with van der Waals surface area (Å²) in [5, 5.41) is 5.11. The van der Waals surface area contributed by atoms with Crippen LogP contribution in [-0.2, 0) is 33.3 Å². The first-order valence-corrected chi connectivity index (χ1v) is 21.7. The van der Waals surface area contributed by atoms with Crippen LogP contribution >= 0.6 is 11.6 Å². The van der Waals surface area contributed by atoms with Gasteiger partial charge in [0.1, 0.15) is 11.3 Å². The maximum atomic E-state index is 14.9. The number of benzene rings is 2. The Morgan fingerprint density at radius 3 is 2.78 bits per heavy atom. The fraction of sp³-hybridized carbons (Fsp3) is 0.548. The van der Waals surface area contributed by atoms with Gasteiger partial charge < -0.3 is 19.1 Å². The highest BCUT2D eigenvalue weighted by Crippen LogP contribution is 2.47. The van der Waals surface area contributed by atoms with E-state index >= 15 is 0 Å². The number of halogens is 1. The largest absolute Gasteiger partial charge is 0.490 e. The molecule has 5 aliphatic rings. The number of carbonyl (C=O) groups excluding carboxylic acids is 2. The molecule has 2 aliphatic heterocycles. The van der Waals surface area contributed by atoms with Crippen LogP contribution in [0.25, 0.3) is 0 Å². The molecule has 0 N–H and O–H groups in total. The molecule has 0 saturated heterocycles. The zero-order valence-electron chi connectivity index (χ0n) is 31.5. The molecule has 6 atom stereocenters. The van der Waals surface area contributed by atoms with Crippen molar-refractivity contribution in [1.29, 1.82) is 0 Å². The Hall–Kier alpha value is -3.67. The molecule has 2 aromatic carbocycles. The summed E-state index contributed by atoms with van der Waals surface area (Å²) in [5.41, 5.74) is 3.71. The zero-order valence-corrected chi connectivity index (χ0v) is 33.1. The van der Waals surface area contributed by atoms with E-state index in [1.807, 2.05) is 25.1 Å². The molecule has 2 bridgehead atoms. The van der Waals surface area contributed by atoms with Crippen molar-refractivity contribution in [3.63, 3.8) is 0 Å². The minimum absolute atomic E-state index is 0.0544. The highest BCUT2D eigenvalue weighted by atomic mass is 35.5.